The molecule has 0 aromatic rings. The van der Waals surface area contributed by atoms with Crippen molar-refractivity contribution in [2.45, 2.75) is 32.2 Å². The quantitative estimate of drug-likeness (QED) is 0.727. The fraction of sp³-hybridized carbons (Fsp3) is 0.750. The zero-order valence-electron chi connectivity index (χ0n) is 11.0. The number of hydrogen-bond donors (Lipinski definition) is 2. The van der Waals surface area contributed by atoms with Crippen LogP contribution in [-0.2, 0) is 9.59 Å². The van der Waals surface area contributed by atoms with Crippen LogP contribution in [0.2, 0.25) is 0 Å². The summed E-state index contributed by atoms with van der Waals surface area (Å²) in [7, 11) is 0. The molecule has 19 heavy (non-hydrogen) atoms. The first-order valence-electron chi connectivity index (χ1n) is 6.43. The predicted octanol–water partition coefficient (Wildman–Crippen LogP) is -0.147. The monoisotopic (exact) mass is 269 g/mol. The van der Waals surface area contributed by atoms with Gasteiger partial charge < -0.3 is 20.6 Å². The lowest BCUT2D eigenvalue weighted by atomic mass is 9.89. The first-order chi connectivity index (χ1) is 8.85. The van der Waals surface area contributed by atoms with Gasteiger partial charge in [0.2, 0.25) is 5.91 Å². The second-order valence-corrected chi connectivity index (χ2v) is 5.57. The number of rotatable bonds is 2. The molecule has 3 N–H and O–H groups in total. The zero-order chi connectivity index (χ0) is 14.2. The Morgan fingerprint density at radius 3 is 2.53 bits per heavy atom. The number of carboxylic acids is 1. The molecule has 2 saturated heterocycles. The van der Waals surface area contributed by atoms with Crippen molar-refractivity contribution in [3.05, 3.63) is 0 Å². The molecule has 2 rings (SSSR count). The number of nitrogens with two attached hydrogens (primary N) is 1. The molecule has 0 aromatic carbocycles. The number of carbonyl (C=O) groups is 3. The smallest absolute Gasteiger partial charge is 0.326 e. The molecule has 2 heterocycles. The number of urea groups is 1. The van der Waals surface area contributed by atoms with Crippen molar-refractivity contribution in [3.63, 3.8) is 0 Å². The second-order valence-electron chi connectivity index (χ2n) is 5.57. The van der Waals surface area contributed by atoms with Gasteiger partial charge in [0, 0.05) is 19.6 Å². The van der Waals surface area contributed by atoms with Gasteiger partial charge in [0.15, 0.2) is 0 Å². The third-order valence-corrected chi connectivity index (χ3v) is 4.12. The summed E-state index contributed by atoms with van der Waals surface area (Å²) in [6.07, 6.45) is 1.71. The molecule has 0 spiro atoms. The van der Waals surface area contributed by atoms with Crippen LogP contribution in [0.1, 0.15) is 26.2 Å². The molecule has 2 fully saturated rings. The van der Waals surface area contributed by atoms with Gasteiger partial charge in [-0.05, 0) is 26.2 Å². The highest BCUT2D eigenvalue weighted by molar-refractivity contribution is 5.86. The van der Waals surface area contributed by atoms with Gasteiger partial charge in [-0.15, -0.1) is 0 Å². The summed E-state index contributed by atoms with van der Waals surface area (Å²) < 4.78 is 0. The Kier molecular flexibility index (Phi) is 3.38. The molecule has 7 heteroatoms. The Balaban J connectivity index is 2.06. The molecule has 0 saturated carbocycles. The lowest BCUT2D eigenvalue weighted by molar-refractivity contribution is -0.141. The Hall–Kier alpha value is -1.79. The molecule has 106 valence electrons. The minimum absolute atomic E-state index is 0.268. The van der Waals surface area contributed by atoms with Crippen LogP contribution in [0.3, 0.4) is 0 Å². The Labute approximate surface area is 111 Å². The summed E-state index contributed by atoms with van der Waals surface area (Å²) in [6.45, 7) is 2.91. The number of carbonyl (C=O) groups excluding carboxylic acids is 2. The summed E-state index contributed by atoms with van der Waals surface area (Å²) in [5, 5.41) is 9.08. The maximum Gasteiger partial charge on any atom is 0.326 e. The van der Waals surface area contributed by atoms with Crippen LogP contribution in [0.4, 0.5) is 4.79 Å². The lowest BCUT2D eigenvalue weighted by Crippen LogP contribution is -2.48. The number of aliphatic carboxylic acids is 1. The molecule has 1 unspecified atom stereocenters. The third-order valence-electron chi connectivity index (χ3n) is 4.12. The van der Waals surface area contributed by atoms with E-state index in [-0.39, 0.29) is 12.6 Å². The second kappa shape index (κ2) is 4.71. The van der Waals surface area contributed by atoms with Crippen LogP contribution >= 0.6 is 0 Å². The molecular weight excluding hydrogens is 250 g/mol. The Bertz CT molecular complexity index is 425. The number of amides is 3. The number of primary amides is 1. The van der Waals surface area contributed by atoms with Gasteiger partial charge in [-0.1, -0.05) is 0 Å². The lowest BCUT2D eigenvalue weighted by Gasteiger charge is -2.28. The highest BCUT2D eigenvalue weighted by atomic mass is 16.4. The van der Waals surface area contributed by atoms with Gasteiger partial charge in [-0.2, -0.15) is 0 Å². The predicted molar refractivity (Wildman–Crippen MR) is 66.3 cm³/mol. The van der Waals surface area contributed by atoms with Crippen LogP contribution in [0.25, 0.3) is 0 Å². The molecule has 7 nitrogen and oxygen atoms in total. The summed E-state index contributed by atoms with van der Waals surface area (Å²) in [6, 6.07) is -1.04. The van der Waals surface area contributed by atoms with E-state index >= 15 is 0 Å². The Morgan fingerprint density at radius 2 is 2.00 bits per heavy atom. The fourth-order valence-electron chi connectivity index (χ4n) is 2.76. The molecule has 2 aliphatic rings. The number of likely N-dealkylation sites (tertiary alicyclic amines) is 2. The minimum atomic E-state index is -0.970. The van der Waals surface area contributed by atoms with Gasteiger partial charge in [0.1, 0.15) is 6.04 Å². The van der Waals surface area contributed by atoms with Crippen molar-refractivity contribution in [1.82, 2.24) is 9.80 Å². The molecule has 3 amide bonds. The van der Waals surface area contributed by atoms with Crippen molar-refractivity contribution >= 4 is 17.9 Å². The third kappa shape index (κ3) is 2.36. The van der Waals surface area contributed by atoms with Gasteiger partial charge in [0.25, 0.3) is 0 Å². The Morgan fingerprint density at radius 1 is 1.32 bits per heavy atom. The highest BCUT2D eigenvalue weighted by Gasteiger charge is 2.44. The topological polar surface area (TPSA) is 104 Å². The van der Waals surface area contributed by atoms with Gasteiger partial charge in [-0.25, -0.2) is 9.59 Å². The van der Waals surface area contributed by atoms with E-state index < -0.39 is 23.3 Å². The van der Waals surface area contributed by atoms with E-state index in [1.54, 1.807) is 6.92 Å². The fourth-order valence-corrected chi connectivity index (χ4v) is 2.76. The molecule has 0 aliphatic carbocycles. The van der Waals surface area contributed by atoms with E-state index in [2.05, 4.69) is 0 Å². The number of nitrogens with zero attached hydrogens (tertiary/aromatic N) is 2. The van der Waals surface area contributed by atoms with Crippen molar-refractivity contribution in [2.75, 3.05) is 19.6 Å². The summed E-state index contributed by atoms with van der Waals surface area (Å²) in [5.74, 6) is -1.39. The van der Waals surface area contributed by atoms with E-state index in [0.717, 1.165) is 0 Å². The minimum Gasteiger partial charge on any atom is -0.480 e. The van der Waals surface area contributed by atoms with E-state index in [4.69, 9.17) is 10.8 Å². The standard InChI is InChI=1S/C12H19N3O4/c1-12(10(13)18)4-6-14(7-12)11(19)15-5-2-3-8(15)9(16)17/h8H,2-7H2,1H3,(H2,13,18)(H,16,17)/t8-,12?/m0/s1. The van der Waals surface area contributed by atoms with Crippen LogP contribution in [-0.4, -0.2) is 58.5 Å². The van der Waals surface area contributed by atoms with Crippen LogP contribution < -0.4 is 5.73 Å². The summed E-state index contributed by atoms with van der Waals surface area (Å²) in [4.78, 5) is 37.7. The first kappa shape index (κ1) is 13.6. The van der Waals surface area contributed by atoms with E-state index in [1.807, 2.05) is 0 Å². The van der Waals surface area contributed by atoms with E-state index in [0.29, 0.717) is 32.4 Å². The first-order valence-corrected chi connectivity index (χ1v) is 6.43. The average molecular weight is 269 g/mol. The van der Waals surface area contributed by atoms with Crippen LogP contribution in [0.15, 0.2) is 0 Å². The molecule has 2 atom stereocenters. The van der Waals surface area contributed by atoms with Crippen LogP contribution in [0, 0.1) is 5.41 Å². The van der Waals surface area contributed by atoms with Gasteiger partial charge in [0.05, 0.1) is 5.41 Å². The highest BCUT2D eigenvalue weighted by Crippen LogP contribution is 2.31. The van der Waals surface area contributed by atoms with Crippen molar-refractivity contribution < 1.29 is 19.5 Å². The van der Waals surface area contributed by atoms with Crippen LogP contribution in [0.5, 0.6) is 0 Å². The molecule has 0 bridgehead atoms. The van der Waals surface area contributed by atoms with Crippen molar-refractivity contribution in [2.24, 2.45) is 11.1 Å². The van der Waals surface area contributed by atoms with Gasteiger partial charge in [-0.3, -0.25) is 4.79 Å². The summed E-state index contributed by atoms with van der Waals surface area (Å²) in [5.41, 5.74) is 4.64. The largest absolute Gasteiger partial charge is 0.480 e. The maximum atomic E-state index is 12.3. The SMILES string of the molecule is CC1(C(N)=O)CCN(C(=O)N2CCC[C@H]2C(=O)O)C1. The number of hydrogen-bond acceptors (Lipinski definition) is 3. The maximum absolute atomic E-state index is 12.3. The molecule has 2 aliphatic heterocycles. The summed E-state index contributed by atoms with van der Waals surface area (Å²) >= 11 is 0. The van der Waals surface area contributed by atoms with E-state index in [1.165, 1.54) is 9.80 Å². The average Bonchev–Trinajstić information content (AvgIpc) is 2.95. The number of carboxylic acid groups (broad SMARTS) is 1. The molecular formula is C12H19N3O4. The zero-order valence-corrected chi connectivity index (χ0v) is 11.0. The van der Waals surface area contributed by atoms with E-state index in [9.17, 15) is 14.4 Å². The van der Waals surface area contributed by atoms with Crippen molar-refractivity contribution in [3.8, 4) is 0 Å². The van der Waals surface area contributed by atoms with Crippen molar-refractivity contribution in [1.29, 1.82) is 0 Å². The molecule has 0 radical (unpaired) electrons. The molecule has 0 aromatic heterocycles. The normalized spacial score (nSPS) is 30.7. The van der Waals surface area contributed by atoms with Gasteiger partial charge >= 0.3 is 12.0 Å².